The number of alkyl halides is 3. The van der Waals surface area contributed by atoms with Crippen LogP contribution < -0.4 is 30.3 Å². The first-order valence-corrected chi connectivity index (χ1v) is 25.5. The van der Waals surface area contributed by atoms with Crippen LogP contribution in [0.5, 0.6) is 11.5 Å². The molecule has 16 nitrogen and oxygen atoms in total. The van der Waals surface area contributed by atoms with Crippen LogP contribution in [0.2, 0.25) is 0 Å². The predicted octanol–water partition coefficient (Wildman–Crippen LogP) is 7.17. The van der Waals surface area contributed by atoms with Crippen LogP contribution in [0.3, 0.4) is 0 Å². The molecule has 0 spiro atoms. The van der Waals surface area contributed by atoms with Crippen LogP contribution in [0.4, 0.5) is 24.7 Å². The van der Waals surface area contributed by atoms with Crippen molar-refractivity contribution in [2.75, 3.05) is 69.2 Å². The van der Waals surface area contributed by atoms with Gasteiger partial charge in [0.15, 0.2) is 0 Å². The number of hydrogen-bond acceptors (Lipinski definition) is 11. The van der Waals surface area contributed by atoms with Gasteiger partial charge in [-0.3, -0.25) is 29.3 Å². The average Bonchev–Trinajstić information content (AvgIpc) is 3.85. The van der Waals surface area contributed by atoms with Gasteiger partial charge < -0.3 is 39.8 Å². The number of nitriles is 1. The average molecular weight is 1010 g/mol. The molecule has 0 radical (unpaired) electrons. The van der Waals surface area contributed by atoms with Crippen molar-refractivity contribution in [3.63, 3.8) is 0 Å². The number of aromatic nitrogens is 2. The van der Waals surface area contributed by atoms with Crippen LogP contribution >= 0.6 is 0 Å². The van der Waals surface area contributed by atoms with E-state index in [0.717, 1.165) is 69.8 Å². The zero-order valence-corrected chi connectivity index (χ0v) is 40.8. The second-order valence-electron chi connectivity index (χ2n) is 20.1. The van der Waals surface area contributed by atoms with E-state index in [1.165, 1.54) is 11.0 Å². The number of hydrogen-bond donors (Lipinski definition) is 4. The predicted molar refractivity (Wildman–Crippen MR) is 268 cm³/mol. The molecule has 0 saturated carbocycles. The second-order valence-corrected chi connectivity index (χ2v) is 20.1. The minimum atomic E-state index is -4.79. The molecule has 2 aromatic heterocycles. The minimum Gasteiger partial charge on any atom is -0.492 e. The zero-order chi connectivity index (χ0) is 51.6. The molecule has 4 N–H and O–H groups in total. The number of imide groups is 1. The van der Waals surface area contributed by atoms with Crippen LogP contribution in [0, 0.1) is 23.2 Å². The second kappa shape index (κ2) is 21.2. The molecule has 0 aliphatic carbocycles. The number of pyridine rings is 1. The van der Waals surface area contributed by atoms with Gasteiger partial charge in [0.2, 0.25) is 35.1 Å². The molecular weight excluding hydrogens is 956 g/mol. The van der Waals surface area contributed by atoms with E-state index in [4.69, 9.17) is 9.47 Å². The largest absolute Gasteiger partial charge is 0.492 e. The lowest BCUT2D eigenvalue weighted by atomic mass is 9.86. The van der Waals surface area contributed by atoms with E-state index < -0.39 is 36.4 Å². The Balaban J connectivity index is 0.678. The molecule has 5 aliphatic heterocycles. The van der Waals surface area contributed by atoms with Crippen molar-refractivity contribution in [3.05, 3.63) is 102 Å². The highest BCUT2D eigenvalue weighted by Gasteiger charge is 2.59. The summed E-state index contributed by atoms with van der Waals surface area (Å²) in [5.41, 5.74) is 1.12. The molecule has 74 heavy (non-hydrogen) atoms. The number of amides is 5. The van der Waals surface area contributed by atoms with Gasteiger partial charge in [-0.15, -0.1) is 0 Å². The number of piperidine rings is 4. The fourth-order valence-electron chi connectivity index (χ4n) is 11.3. The van der Waals surface area contributed by atoms with Gasteiger partial charge in [0, 0.05) is 92.7 Å². The lowest BCUT2D eigenvalue weighted by molar-refractivity contribution is -0.260. The number of halogens is 3. The SMILES string of the molecule is N#Cc1cccc2[nH]c(-c3ccccc3OC3(C(F)(F)F)CCN(C(=O)[C@H]4CC(=O)Nc5ccc(OCCNC(=O)C6CCN(CC7CCN(c8ccc(C9CCC(=O)NC9=O)cn8)CC7)CC6)cc54)CC3)cc12. The van der Waals surface area contributed by atoms with Crippen LogP contribution in [0.25, 0.3) is 22.2 Å². The summed E-state index contributed by atoms with van der Waals surface area (Å²) in [6.07, 6.45) is 0.128. The molecule has 2 atom stereocenters. The molecule has 1 unspecified atom stereocenters. The van der Waals surface area contributed by atoms with Crippen LogP contribution in [-0.2, 0) is 24.0 Å². The van der Waals surface area contributed by atoms with E-state index in [-0.39, 0.29) is 73.9 Å². The number of likely N-dealkylation sites (tertiary alicyclic amines) is 2. The number of anilines is 2. The quantitative estimate of drug-likeness (QED) is 0.0688. The maximum Gasteiger partial charge on any atom is 0.428 e. The summed E-state index contributed by atoms with van der Waals surface area (Å²) in [7, 11) is 0. The zero-order valence-electron chi connectivity index (χ0n) is 40.8. The third-order valence-corrected chi connectivity index (χ3v) is 15.5. The van der Waals surface area contributed by atoms with E-state index in [0.29, 0.717) is 63.5 Å². The van der Waals surface area contributed by atoms with Crippen LogP contribution in [-0.4, -0.2) is 120 Å². The Hall–Kier alpha value is -7.46. The van der Waals surface area contributed by atoms with Crippen molar-refractivity contribution < 1.29 is 46.6 Å². The van der Waals surface area contributed by atoms with Crippen molar-refractivity contribution in [1.82, 2.24) is 30.4 Å². The Bertz CT molecular complexity index is 2970. The van der Waals surface area contributed by atoms with Gasteiger partial charge in [0.05, 0.1) is 35.7 Å². The fraction of sp³-hybridized carbons (Fsp3) is 0.436. The first-order valence-electron chi connectivity index (χ1n) is 25.5. The number of carbonyl (C=O) groups excluding carboxylic acids is 5. The van der Waals surface area contributed by atoms with Gasteiger partial charge in [-0.2, -0.15) is 18.4 Å². The summed E-state index contributed by atoms with van der Waals surface area (Å²) >= 11 is 0. The summed E-state index contributed by atoms with van der Waals surface area (Å²) in [6.45, 7) is 4.34. The number of carbonyl (C=O) groups is 5. The molecule has 19 heteroatoms. The van der Waals surface area contributed by atoms with Gasteiger partial charge in [-0.25, -0.2) is 4.98 Å². The van der Waals surface area contributed by atoms with E-state index in [2.05, 4.69) is 41.8 Å². The normalized spacial score (nSPS) is 20.8. The monoisotopic (exact) mass is 1010 g/mol. The molecule has 0 bridgehead atoms. The molecule has 5 amide bonds. The van der Waals surface area contributed by atoms with Gasteiger partial charge >= 0.3 is 6.18 Å². The first-order chi connectivity index (χ1) is 35.7. The van der Waals surface area contributed by atoms with Crippen molar-refractivity contribution in [3.8, 4) is 28.8 Å². The topological polar surface area (TPSA) is 202 Å². The van der Waals surface area contributed by atoms with E-state index >= 15 is 13.2 Å². The number of ether oxygens (including phenoxy) is 2. The Morgan fingerprint density at radius 1 is 0.865 bits per heavy atom. The molecule has 10 rings (SSSR count). The minimum absolute atomic E-state index is 0.00930. The number of para-hydroxylation sites is 1. The summed E-state index contributed by atoms with van der Waals surface area (Å²) in [5.74, 6) is -0.904. The number of nitrogens with one attached hydrogen (secondary N) is 4. The lowest BCUT2D eigenvalue weighted by Crippen LogP contribution is -2.58. The number of benzene rings is 3. The summed E-state index contributed by atoms with van der Waals surface area (Å²) in [4.78, 5) is 78.1. The third-order valence-electron chi connectivity index (χ3n) is 15.5. The van der Waals surface area contributed by atoms with E-state index in [9.17, 15) is 29.2 Å². The molecule has 4 saturated heterocycles. The number of aromatic amines is 1. The molecule has 4 fully saturated rings. The molecule has 7 heterocycles. The lowest BCUT2D eigenvalue weighted by Gasteiger charge is -2.43. The highest BCUT2D eigenvalue weighted by Crippen LogP contribution is 2.46. The molecule has 5 aromatic rings. The number of H-pyrrole nitrogens is 1. The van der Waals surface area contributed by atoms with Crippen molar-refractivity contribution in [2.45, 2.75) is 81.4 Å². The molecule has 3 aromatic carbocycles. The Morgan fingerprint density at radius 3 is 2.38 bits per heavy atom. The summed E-state index contributed by atoms with van der Waals surface area (Å²) in [5, 5.41) is 18.5. The van der Waals surface area contributed by atoms with Gasteiger partial charge in [-0.1, -0.05) is 24.3 Å². The highest BCUT2D eigenvalue weighted by molar-refractivity contribution is 6.02. The van der Waals surface area contributed by atoms with E-state index in [1.807, 2.05) is 12.1 Å². The number of rotatable bonds is 13. The van der Waals surface area contributed by atoms with Crippen LogP contribution in [0.1, 0.15) is 86.3 Å². The molecular formula is C55H58F3N9O7. The Kier molecular flexibility index (Phi) is 14.3. The third kappa shape index (κ3) is 10.6. The smallest absolute Gasteiger partial charge is 0.428 e. The van der Waals surface area contributed by atoms with E-state index in [1.54, 1.807) is 66.9 Å². The van der Waals surface area contributed by atoms with Crippen LogP contribution in [0.15, 0.2) is 85.1 Å². The Morgan fingerprint density at radius 2 is 1.65 bits per heavy atom. The van der Waals surface area contributed by atoms with Gasteiger partial charge in [-0.05, 0) is 117 Å². The van der Waals surface area contributed by atoms with Crippen molar-refractivity contribution in [2.24, 2.45) is 11.8 Å². The fourth-order valence-corrected chi connectivity index (χ4v) is 11.3. The maximum absolute atomic E-state index is 15.1. The van der Waals surface area contributed by atoms with Crippen molar-refractivity contribution in [1.29, 1.82) is 5.26 Å². The van der Waals surface area contributed by atoms with Gasteiger partial charge in [0.1, 0.15) is 23.9 Å². The number of nitrogens with zero attached hydrogens (tertiary/aromatic N) is 5. The Labute approximate surface area is 425 Å². The molecule has 386 valence electrons. The van der Waals surface area contributed by atoms with Crippen molar-refractivity contribution >= 4 is 51.9 Å². The standard InChI is InChI=1S/C55H58F3N9O7/c56-55(57,58)54(74-47-7-2-1-5-40(47)46-29-41-36(31-59)4-3-6-44(41)62-46)18-25-67(26-19-54)53(72)43-30-50(69)63-45-11-9-38(28-42(43)45)73-27-20-60-51(70)35-16-21-65(22-17-35)33-34-14-23-66(24-15-34)48-12-8-37(32-61-48)39-10-13-49(68)64-52(39)71/h1-9,11-12,28-29,32,34-35,39,43,62H,10,13-27,30,33H2,(H,60,70)(H,63,69)(H,64,68,71)/t39?,43-/m0/s1. The number of fused-ring (bicyclic) bond motifs is 2. The highest BCUT2D eigenvalue weighted by atomic mass is 19.4. The molecule has 5 aliphatic rings. The maximum atomic E-state index is 15.1. The van der Waals surface area contributed by atoms with Gasteiger partial charge in [0.25, 0.3) is 0 Å². The first kappa shape index (κ1) is 50.1. The summed E-state index contributed by atoms with van der Waals surface area (Å²) < 4.78 is 57.4. The summed E-state index contributed by atoms with van der Waals surface area (Å²) in [6, 6.07) is 24.4.